The summed E-state index contributed by atoms with van der Waals surface area (Å²) in [5.74, 6) is 0. The van der Waals surface area contributed by atoms with Crippen LogP contribution in [0.1, 0.15) is 26.2 Å². The summed E-state index contributed by atoms with van der Waals surface area (Å²) < 4.78 is 0. The molecule has 0 aromatic carbocycles. The van der Waals surface area contributed by atoms with Crippen molar-refractivity contribution < 1.29 is 0 Å². The molecule has 2 nitrogen and oxygen atoms in total. The molecule has 55 valence electrons. The molecule has 0 fully saturated rings. The summed E-state index contributed by atoms with van der Waals surface area (Å²) in [5.41, 5.74) is 0. The van der Waals surface area contributed by atoms with Crippen LogP contribution in [0.2, 0.25) is 0 Å². The predicted octanol–water partition coefficient (Wildman–Crippen LogP) is 1.61. The smallest absolute Gasteiger partial charge is 0.0934 e. The first kappa shape index (κ1) is 9.03. The number of nitrogens with one attached hydrogen (secondary N) is 1. The Balaban J connectivity index is 2.92. The first-order valence-corrected chi connectivity index (χ1v) is 3.61. The SMILES string of the molecule is CCCCCN/[C]=C/C#N. The van der Waals surface area contributed by atoms with Crippen molar-refractivity contribution >= 4 is 0 Å². The molecule has 0 aliphatic heterocycles. The Morgan fingerprint density at radius 3 is 2.90 bits per heavy atom. The first-order valence-electron chi connectivity index (χ1n) is 3.61. The molecule has 1 radical (unpaired) electrons. The third-order valence-electron chi connectivity index (χ3n) is 1.14. The summed E-state index contributed by atoms with van der Waals surface area (Å²) in [6.45, 7) is 3.08. The molecule has 0 rings (SSSR count). The molecule has 0 atom stereocenters. The van der Waals surface area contributed by atoms with Gasteiger partial charge < -0.3 is 5.32 Å². The Labute approximate surface area is 62.5 Å². The van der Waals surface area contributed by atoms with Crippen LogP contribution in [-0.2, 0) is 0 Å². The van der Waals surface area contributed by atoms with Crippen molar-refractivity contribution in [2.24, 2.45) is 0 Å². The van der Waals surface area contributed by atoms with E-state index in [0.717, 1.165) is 13.0 Å². The maximum absolute atomic E-state index is 8.06. The average Bonchev–Trinajstić information content (AvgIpc) is 1.97. The van der Waals surface area contributed by atoms with Gasteiger partial charge in [0.25, 0.3) is 0 Å². The molecule has 0 unspecified atom stereocenters. The molecule has 0 heterocycles. The quantitative estimate of drug-likeness (QED) is 0.355. The summed E-state index contributed by atoms with van der Waals surface area (Å²) in [7, 11) is 0. The second kappa shape index (κ2) is 8.03. The van der Waals surface area contributed by atoms with Gasteiger partial charge in [0.05, 0.1) is 12.3 Å². The van der Waals surface area contributed by atoms with E-state index in [9.17, 15) is 0 Å². The molecule has 2 heteroatoms. The van der Waals surface area contributed by atoms with Gasteiger partial charge in [-0.05, 0) is 6.42 Å². The Morgan fingerprint density at radius 1 is 1.50 bits per heavy atom. The van der Waals surface area contributed by atoms with Crippen LogP contribution in [0.25, 0.3) is 0 Å². The van der Waals surface area contributed by atoms with Crippen LogP contribution in [0.5, 0.6) is 0 Å². The van der Waals surface area contributed by atoms with Crippen molar-refractivity contribution in [2.45, 2.75) is 26.2 Å². The van der Waals surface area contributed by atoms with Crippen molar-refractivity contribution in [1.82, 2.24) is 5.32 Å². The second-order valence-electron chi connectivity index (χ2n) is 2.05. The number of hydrogen-bond donors (Lipinski definition) is 1. The van der Waals surface area contributed by atoms with E-state index >= 15 is 0 Å². The third-order valence-corrected chi connectivity index (χ3v) is 1.14. The highest BCUT2D eigenvalue weighted by Crippen LogP contribution is 1.90. The van der Waals surface area contributed by atoms with Gasteiger partial charge in [0.1, 0.15) is 0 Å². The Morgan fingerprint density at radius 2 is 2.30 bits per heavy atom. The zero-order valence-electron chi connectivity index (χ0n) is 6.35. The molecule has 0 amide bonds. The van der Waals surface area contributed by atoms with Gasteiger partial charge in [0, 0.05) is 12.6 Å². The van der Waals surface area contributed by atoms with Crippen LogP contribution >= 0.6 is 0 Å². The Bertz CT molecular complexity index is 122. The molecular weight excluding hydrogens is 124 g/mol. The zero-order chi connectivity index (χ0) is 7.66. The van der Waals surface area contributed by atoms with E-state index in [1.54, 1.807) is 0 Å². The topological polar surface area (TPSA) is 35.8 Å². The molecule has 0 aromatic heterocycles. The van der Waals surface area contributed by atoms with E-state index in [-0.39, 0.29) is 0 Å². The molecule has 1 N–H and O–H groups in total. The third kappa shape index (κ3) is 7.03. The van der Waals surface area contributed by atoms with Crippen LogP contribution in [-0.4, -0.2) is 6.54 Å². The first-order chi connectivity index (χ1) is 4.91. The van der Waals surface area contributed by atoms with E-state index in [2.05, 4.69) is 18.4 Å². The lowest BCUT2D eigenvalue weighted by molar-refractivity contribution is 0.676. The average molecular weight is 137 g/mol. The summed E-state index contributed by atoms with van der Waals surface area (Å²) in [6, 6.07) is 1.86. The molecule has 0 aliphatic carbocycles. The van der Waals surface area contributed by atoms with Gasteiger partial charge in [-0.15, -0.1) is 0 Å². The van der Waals surface area contributed by atoms with Crippen molar-refractivity contribution in [3.63, 3.8) is 0 Å². The predicted molar refractivity (Wildman–Crippen MR) is 41.0 cm³/mol. The van der Waals surface area contributed by atoms with Crippen LogP contribution in [0, 0.1) is 17.5 Å². The lowest BCUT2D eigenvalue weighted by atomic mass is 10.2. The standard InChI is InChI=1S/C8H13N2/c1-2-3-4-7-10-8-5-6-9/h5,10H,2-4,7H2,1H3. The lowest BCUT2D eigenvalue weighted by Crippen LogP contribution is -2.06. The van der Waals surface area contributed by atoms with Crippen LogP contribution in [0.4, 0.5) is 0 Å². The van der Waals surface area contributed by atoms with E-state index < -0.39 is 0 Å². The molecule has 0 saturated heterocycles. The van der Waals surface area contributed by atoms with E-state index in [0.29, 0.717) is 0 Å². The fourth-order valence-electron chi connectivity index (χ4n) is 0.619. The highest BCUT2D eigenvalue weighted by Gasteiger charge is 1.81. The minimum Gasteiger partial charge on any atom is -0.383 e. The zero-order valence-corrected chi connectivity index (χ0v) is 6.35. The van der Waals surface area contributed by atoms with Gasteiger partial charge in [-0.1, -0.05) is 19.8 Å². The van der Waals surface area contributed by atoms with Crippen LogP contribution in [0.3, 0.4) is 0 Å². The minimum atomic E-state index is 0.923. The monoisotopic (exact) mass is 137 g/mol. The number of nitriles is 1. The van der Waals surface area contributed by atoms with E-state index in [4.69, 9.17) is 5.26 Å². The summed E-state index contributed by atoms with van der Waals surface area (Å²) in [4.78, 5) is 0. The molecule has 10 heavy (non-hydrogen) atoms. The molecule has 0 aliphatic rings. The van der Waals surface area contributed by atoms with Crippen molar-refractivity contribution in [3.8, 4) is 6.07 Å². The molecule has 0 aromatic rings. The van der Waals surface area contributed by atoms with Crippen molar-refractivity contribution in [3.05, 3.63) is 12.3 Å². The van der Waals surface area contributed by atoms with Gasteiger partial charge >= 0.3 is 0 Å². The van der Waals surface area contributed by atoms with Gasteiger partial charge in [-0.25, -0.2) is 0 Å². The number of allylic oxidation sites excluding steroid dienone is 1. The fourth-order valence-corrected chi connectivity index (χ4v) is 0.619. The molecular formula is C8H13N2. The minimum absolute atomic E-state index is 0.923. The highest BCUT2D eigenvalue weighted by atomic mass is 14.8. The van der Waals surface area contributed by atoms with E-state index in [1.165, 1.54) is 18.9 Å². The Hall–Kier alpha value is -0.970. The summed E-state index contributed by atoms with van der Waals surface area (Å²) >= 11 is 0. The van der Waals surface area contributed by atoms with Crippen LogP contribution < -0.4 is 5.32 Å². The maximum Gasteiger partial charge on any atom is 0.0934 e. The fraction of sp³-hybridized carbons (Fsp3) is 0.625. The number of hydrogen-bond acceptors (Lipinski definition) is 2. The van der Waals surface area contributed by atoms with E-state index in [1.807, 2.05) is 6.07 Å². The van der Waals surface area contributed by atoms with Gasteiger partial charge in [-0.3, -0.25) is 0 Å². The van der Waals surface area contributed by atoms with Gasteiger partial charge in [0.2, 0.25) is 0 Å². The normalized spacial score (nSPS) is 9.60. The van der Waals surface area contributed by atoms with Crippen LogP contribution in [0.15, 0.2) is 6.08 Å². The van der Waals surface area contributed by atoms with Gasteiger partial charge in [-0.2, -0.15) is 5.26 Å². The van der Waals surface area contributed by atoms with Gasteiger partial charge in [0.15, 0.2) is 0 Å². The molecule has 0 bridgehead atoms. The second-order valence-corrected chi connectivity index (χ2v) is 2.05. The molecule has 0 saturated carbocycles. The summed E-state index contributed by atoms with van der Waals surface area (Å²) in [6.07, 6.45) is 7.60. The number of unbranched alkanes of at least 4 members (excludes halogenated alkanes) is 2. The largest absolute Gasteiger partial charge is 0.383 e. The van der Waals surface area contributed by atoms with Crippen molar-refractivity contribution in [1.29, 1.82) is 5.26 Å². The maximum atomic E-state index is 8.06. The summed E-state index contributed by atoms with van der Waals surface area (Å²) in [5, 5.41) is 11.0. The Kier molecular flexibility index (Phi) is 7.25. The lowest BCUT2D eigenvalue weighted by Gasteiger charge is -1.95. The molecule has 0 spiro atoms. The number of nitrogens with zero attached hydrogens (tertiary/aromatic N) is 1. The highest BCUT2D eigenvalue weighted by molar-refractivity contribution is 4.95. The van der Waals surface area contributed by atoms with Crippen molar-refractivity contribution in [2.75, 3.05) is 6.54 Å². The number of rotatable bonds is 5.